The van der Waals surface area contributed by atoms with E-state index in [1.807, 2.05) is 29.6 Å². The summed E-state index contributed by atoms with van der Waals surface area (Å²) in [5.74, 6) is -0.574. The van der Waals surface area contributed by atoms with Crippen LogP contribution < -0.4 is 15.8 Å². The molecule has 0 aliphatic heterocycles. The van der Waals surface area contributed by atoms with Gasteiger partial charge in [0.15, 0.2) is 11.4 Å². The first kappa shape index (κ1) is 25.9. The molecular weight excluding hydrogens is 494 g/mol. The molecule has 2 N–H and O–H groups in total. The van der Waals surface area contributed by atoms with Gasteiger partial charge in [-0.2, -0.15) is 0 Å². The van der Waals surface area contributed by atoms with E-state index < -0.39 is 22.9 Å². The maximum Gasteiger partial charge on any atom is 0.439 e. The molecule has 0 saturated heterocycles. The molecule has 0 aliphatic carbocycles. The maximum atomic E-state index is 13.0. The summed E-state index contributed by atoms with van der Waals surface area (Å²) in [5, 5.41) is 8.54. The summed E-state index contributed by atoms with van der Waals surface area (Å²) in [6.07, 6.45) is 0. The number of esters is 1. The summed E-state index contributed by atoms with van der Waals surface area (Å²) in [5.41, 5.74) is 0.989. The van der Waals surface area contributed by atoms with Crippen molar-refractivity contribution in [2.75, 3.05) is 5.32 Å². The molecule has 0 spiro atoms. The standard InChI is InChI=1S/C27H27N3O6S/c1-26(2,3)35-23(31)16-9-11-20(12-10-16)34-27(4,5)24(32)28-19-8-6-7-17(13-19)18-14-21(37-15-18)22-29-25(33)36-30-22/h6-15H,1-5H3,(H,28,32)(H,29,30,33). The molecule has 0 aliphatic rings. The average Bonchev–Trinajstić information content (AvgIpc) is 3.47. The zero-order valence-electron chi connectivity index (χ0n) is 21.1. The van der Waals surface area contributed by atoms with Gasteiger partial charge in [-0.1, -0.05) is 17.3 Å². The Morgan fingerprint density at radius 1 is 1.00 bits per heavy atom. The van der Waals surface area contributed by atoms with Crippen molar-refractivity contribution < 1.29 is 23.6 Å². The second kappa shape index (κ2) is 10.1. The molecule has 0 fully saturated rings. The highest BCUT2D eigenvalue weighted by Gasteiger charge is 2.30. The molecule has 0 radical (unpaired) electrons. The summed E-state index contributed by atoms with van der Waals surface area (Å²) in [6, 6.07) is 15.7. The van der Waals surface area contributed by atoms with Crippen molar-refractivity contribution >= 4 is 28.9 Å². The van der Waals surface area contributed by atoms with Crippen molar-refractivity contribution in [3.05, 3.63) is 76.1 Å². The highest BCUT2D eigenvalue weighted by Crippen LogP contribution is 2.32. The predicted octanol–water partition coefficient (Wildman–Crippen LogP) is 5.51. The Balaban J connectivity index is 1.42. The van der Waals surface area contributed by atoms with Gasteiger partial charge in [-0.3, -0.25) is 14.3 Å². The Kier molecular flexibility index (Phi) is 7.04. The van der Waals surface area contributed by atoms with E-state index in [1.54, 1.807) is 65.0 Å². The Morgan fingerprint density at radius 3 is 2.38 bits per heavy atom. The molecule has 2 heterocycles. The second-order valence-corrected chi connectivity index (χ2v) is 10.7. The Morgan fingerprint density at radius 2 is 1.73 bits per heavy atom. The highest BCUT2D eigenvalue weighted by atomic mass is 32.1. The number of nitrogens with zero attached hydrogens (tertiary/aromatic N) is 1. The van der Waals surface area contributed by atoms with Gasteiger partial charge in [-0.25, -0.2) is 9.59 Å². The van der Waals surface area contributed by atoms with Crippen LogP contribution >= 0.6 is 11.3 Å². The lowest BCUT2D eigenvalue weighted by Gasteiger charge is -2.25. The van der Waals surface area contributed by atoms with Gasteiger partial charge in [-0.05, 0) is 93.6 Å². The molecule has 10 heteroatoms. The number of aromatic nitrogens is 2. The van der Waals surface area contributed by atoms with E-state index in [0.29, 0.717) is 22.8 Å². The van der Waals surface area contributed by atoms with Gasteiger partial charge in [0.05, 0.1) is 10.4 Å². The molecule has 2 aromatic heterocycles. The third-order valence-corrected chi connectivity index (χ3v) is 6.07. The monoisotopic (exact) mass is 521 g/mol. The highest BCUT2D eigenvalue weighted by molar-refractivity contribution is 7.13. The van der Waals surface area contributed by atoms with E-state index in [-0.39, 0.29) is 5.91 Å². The number of hydrogen-bond donors (Lipinski definition) is 2. The number of thiophene rings is 1. The molecule has 0 saturated carbocycles. The Bertz CT molecular complexity index is 1470. The van der Waals surface area contributed by atoms with Crippen molar-refractivity contribution in [3.63, 3.8) is 0 Å². The van der Waals surface area contributed by atoms with Gasteiger partial charge in [0.1, 0.15) is 11.4 Å². The van der Waals surface area contributed by atoms with Gasteiger partial charge in [-0.15, -0.1) is 11.3 Å². The van der Waals surface area contributed by atoms with Crippen LogP contribution in [0.4, 0.5) is 5.69 Å². The fourth-order valence-electron chi connectivity index (χ4n) is 3.34. The molecule has 0 unspecified atom stereocenters. The number of H-pyrrole nitrogens is 1. The fourth-order valence-corrected chi connectivity index (χ4v) is 4.20. The normalized spacial score (nSPS) is 11.7. The van der Waals surface area contributed by atoms with Crippen molar-refractivity contribution in [3.8, 4) is 27.6 Å². The van der Waals surface area contributed by atoms with Crippen LogP contribution in [0.2, 0.25) is 0 Å². The van der Waals surface area contributed by atoms with Crippen LogP contribution in [-0.4, -0.2) is 33.2 Å². The summed E-state index contributed by atoms with van der Waals surface area (Å²) >= 11 is 1.41. The van der Waals surface area contributed by atoms with E-state index in [0.717, 1.165) is 16.0 Å². The molecule has 0 bridgehead atoms. The first-order valence-corrected chi connectivity index (χ1v) is 12.4. The van der Waals surface area contributed by atoms with Crippen molar-refractivity contribution in [2.45, 2.75) is 45.8 Å². The van der Waals surface area contributed by atoms with Gasteiger partial charge in [0.2, 0.25) is 0 Å². The number of carbonyl (C=O) groups is 2. The van der Waals surface area contributed by atoms with E-state index in [4.69, 9.17) is 9.47 Å². The zero-order valence-corrected chi connectivity index (χ0v) is 21.9. The SMILES string of the molecule is CC(C)(C)OC(=O)c1ccc(OC(C)(C)C(=O)Nc2cccc(-c3csc(-c4noc(=O)[nH]4)c3)c2)cc1. The lowest BCUT2D eigenvalue weighted by Crippen LogP contribution is -2.42. The summed E-state index contributed by atoms with van der Waals surface area (Å²) in [4.78, 5) is 39.8. The molecule has 9 nitrogen and oxygen atoms in total. The number of rotatable bonds is 7. The summed E-state index contributed by atoms with van der Waals surface area (Å²) in [6.45, 7) is 8.74. The van der Waals surface area contributed by atoms with Gasteiger partial charge < -0.3 is 14.8 Å². The Hall–Kier alpha value is -4.18. The third-order valence-electron chi connectivity index (χ3n) is 5.14. The predicted molar refractivity (Wildman–Crippen MR) is 141 cm³/mol. The van der Waals surface area contributed by atoms with Crippen LogP contribution in [-0.2, 0) is 9.53 Å². The van der Waals surface area contributed by atoms with Crippen LogP contribution in [0, 0.1) is 0 Å². The first-order chi connectivity index (χ1) is 17.4. The molecular formula is C27H27N3O6S. The molecule has 4 rings (SSSR count). The van der Waals surface area contributed by atoms with Crippen LogP contribution in [0.3, 0.4) is 0 Å². The van der Waals surface area contributed by atoms with E-state index >= 15 is 0 Å². The number of nitrogens with one attached hydrogen (secondary N) is 2. The molecule has 192 valence electrons. The molecule has 1 amide bonds. The van der Waals surface area contributed by atoms with E-state index in [2.05, 4.69) is 20.0 Å². The van der Waals surface area contributed by atoms with Crippen molar-refractivity contribution in [1.29, 1.82) is 0 Å². The minimum absolute atomic E-state index is 0.341. The number of amides is 1. The quantitative estimate of drug-likeness (QED) is 0.307. The number of aromatic amines is 1. The Labute approximate surface area is 217 Å². The largest absolute Gasteiger partial charge is 0.478 e. The minimum atomic E-state index is -1.20. The van der Waals surface area contributed by atoms with Crippen LogP contribution in [0.5, 0.6) is 5.75 Å². The summed E-state index contributed by atoms with van der Waals surface area (Å²) < 4.78 is 15.9. The number of anilines is 1. The lowest BCUT2D eigenvalue weighted by atomic mass is 10.1. The molecule has 2 aromatic carbocycles. The average molecular weight is 522 g/mol. The second-order valence-electron chi connectivity index (χ2n) is 9.82. The zero-order chi connectivity index (χ0) is 26.8. The van der Waals surface area contributed by atoms with Crippen molar-refractivity contribution in [1.82, 2.24) is 10.1 Å². The van der Waals surface area contributed by atoms with Crippen LogP contribution in [0.25, 0.3) is 21.8 Å². The lowest BCUT2D eigenvalue weighted by molar-refractivity contribution is -0.128. The topological polar surface area (TPSA) is 124 Å². The van der Waals surface area contributed by atoms with E-state index in [9.17, 15) is 14.4 Å². The smallest absolute Gasteiger partial charge is 0.439 e. The number of ether oxygens (including phenoxy) is 2. The van der Waals surface area contributed by atoms with Crippen molar-refractivity contribution in [2.24, 2.45) is 0 Å². The van der Waals surface area contributed by atoms with Crippen LogP contribution in [0.1, 0.15) is 45.0 Å². The van der Waals surface area contributed by atoms with E-state index in [1.165, 1.54) is 11.3 Å². The fraction of sp³-hybridized carbons (Fsp3) is 0.259. The number of carbonyl (C=O) groups excluding carboxylic acids is 2. The maximum absolute atomic E-state index is 13.0. The van der Waals surface area contributed by atoms with Gasteiger partial charge in [0, 0.05) is 5.69 Å². The first-order valence-electron chi connectivity index (χ1n) is 11.5. The number of benzene rings is 2. The molecule has 37 heavy (non-hydrogen) atoms. The summed E-state index contributed by atoms with van der Waals surface area (Å²) in [7, 11) is 0. The molecule has 4 aromatic rings. The minimum Gasteiger partial charge on any atom is -0.478 e. The third kappa shape index (κ3) is 6.53. The van der Waals surface area contributed by atoms with Gasteiger partial charge >= 0.3 is 11.7 Å². The number of hydrogen-bond acceptors (Lipinski definition) is 8. The van der Waals surface area contributed by atoms with Gasteiger partial charge in [0.25, 0.3) is 5.91 Å². The molecule has 0 atom stereocenters. The van der Waals surface area contributed by atoms with Crippen LogP contribution in [0.15, 0.2) is 69.3 Å².